The number of nitrogens with one attached hydrogen (secondary N) is 1. The first-order valence-electron chi connectivity index (χ1n) is 15.2. The normalized spacial score (nSPS) is 22.4. The van der Waals surface area contributed by atoms with Crippen molar-refractivity contribution in [2.45, 2.75) is 83.3 Å². The highest BCUT2D eigenvalue weighted by Gasteiger charge is 2.45. The van der Waals surface area contributed by atoms with E-state index < -0.39 is 10.0 Å². The van der Waals surface area contributed by atoms with Crippen molar-refractivity contribution >= 4 is 16.0 Å². The van der Waals surface area contributed by atoms with Gasteiger partial charge in [-0.05, 0) is 75.3 Å². The van der Waals surface area contributed by atoms with E-state index >= 15 is 0 Å². The molecule has 1 saturated carbocycles. The maximum absolute atomic E-state index is 13.8. The van der Waals surface area contributed by atoms with Gasteiger partial charge in [-0.2, -0.15) is 4.98 Å². The molecule has 230 valence electrons. The number of fused-ring (bicyclic) bond motifs is 7. The molecule has 1 fully saturated rings. The van der Waals surface area contributed by atoms with E-state index in [0.29, 0.717) is 17.3 Å². The van der Waals surface area contributed by atoms with Crippen LogP contribution in [0.25, 0.3) is 11.3 Å². The smallest absolute Gasteiger partial charge is 0.264 e. The molecule has 0 saturated heterocycles. The van der Waals surface area contributed by atoms with Crippen molar-refractivity contribution in [3.63, 3.8) is 0 Å². The van der Waals surface area contributed by atoms with Crippen molar-refractivity contribution in [2.75, 3.05) is 4.72 Å². The molecule has 6 bridgehead atoms. The van der Waals surface area contributed by atoms with Crippen LogP contribution in [0.3, 0.4) is 0 Å². The number of ether oxygens (including phenoxy) is 2. The molecule has 2 aromatic carbocycles. The Balaban J connectivity index is 1.50. The molecular weight excluding hydrogens is 574 g/mol. The van der Waals surface area contributed by atoms with Crippen molar-refractivity contribution in [1.82, 2.24) is 19.9 Å². The van der Waals surface area contributed by atoms with E-state index in [1.165, 1.54) is 0 Å². The van der Waals surface area contributed by atoms with Crippen molar-refractivity contribution in [3.05, 3.63) is 83.4 Å². The van der Waals surface area contributed by atoms with Gasteiger partial charge in [0, 0.05) is 29.4 Å². The standard InChI is InChI=1S/C34H39N5O4S/c1-19(2)30-28-14-13-26(33-35-17-24(18-36-33)42-20(3)4)32(30)23-11-8-12-25(15-23)44(40,41)39-34-37-27(16-29(38-34)43-28)31-21(5)9-7-10-22(31)6/h7-12,15-20,26,28,30,32H,13-14H2,1-6H3,(H,37,38,39). The molecule has 0 amide bonds. The van der Waals surface area contributed by atoms with Crippen LogP contribution in [0.5, 0.6) is 11.6 Å². The number of aromatic nitrogens is 4. The van der Waals surface area contributed by atoms with Crippen molar-refractivity contribution in [2.24, 2.45) is 11.8 Å². The minimum Gasteiger partial charge on any atom is -0.488 e. The molecular formula is C34H39N5O4S. The van der Waals surface area contributed by atoms with Crippen molar-refractivity contribution < 1.29 is 17.9 Å². The van der Waals surface area contributed by atoms with Crippen LogP contribution in [0.2, 0.25) is 0 Å². The van der Waals surface area contributed by atoms with Gasteiger partial charge in [-0.25, -0.2) is 28.1 Å². The molecule has 10 heteroatoms. The second-order valence-corrected chi connectivity index (χ2v) is 14.2. The van der Waals surface area contributed by atoms with Gasteiger partial charge in [-0.3, -0.25) is 0 Å². The van der Waals surface area contributed by atoms with Gasteiger partial charge in [-0.15, -0.1) is 0 Å². The van der Waals surface area contributed by atoms with Crippen LogP contribution in [0.1, 0.15) is 74.9 Å². The van der Waals surface area contributed by atoms with Gasteiger partial charge in [0.1, 0.15) is 11.9 Å². The topological polar surface area (TPSA) is 116 Å². The summed E-state index contributed by atoms with van der Waals surface area (Å²) in [5.41, 5.74) is 4.51. The second kappa shape index (κ2) is 11.8. The fraction of sp³-hybridized carbons (Fsp3) is 0.412. The Labute approximate surface area is 259 Å². The summed E-state index contributed by atoms with van der Waals surface area (Å²) in [5, 5.41) is 0. The predicted octanol–water partition coefficient (Wildman–Crippen LogP) is 6.83. The molecule has 2 aliphatic rings. The Morgan fingerprint density at radius 1 is 0.932 bits per heavy atom. The zero-order valence-electron chi connectivity index (χ0n) is 26.0. The van der Waals surface area contributed by atoms with Crippen molar-refractivity contribution in [3.8, 4) is 22.9 Å². The molecule has 4 unspecified atom stereocenters. The molecule has 3 heterocycles. The largest absolute Gasteiger partial charge is 0.488 e. The number of rotatable bonds is 5. The van der Waals surface area contributed by atoms with Gasteiger partial charge in [0.05, 0.1) is 29.1 Å². The lowest BCUT2D eigenvalue weighted by atomic mass is 9.63. The summed E-state index contributed by atoms with van der Waals surface area (Å²) in [5.74, 6) is 1.75. The summed E-state index contributed by atoms with van der Waals surface area (Å²) in [7, 11) is -4.01. The molecule has 44 heavy (non-hydrogen) atoms. The summed E-state index contributed by atoms with van der Waals surface area (Å²) in [6.45, 7) is 12.4. The monoisotopic (exact) mass is 613 g/mol. The van der Waals surface area contributed by atoms with E-state index in [9.17, 15) is 8.42 Å². The van der Waals surface area contributed by atoms with Crippen LogP contribution >= 0.6 is 0 Å². The first kappa shape index (κ1) is 30.0. The number of nitrogens with zero attached hydrogens (tertiary/aromatic N) is 4. The molecule has 4 atom stereocenters. The third-order valence-corrected chi connectivity index (χ3v) is 9.98. The number of sulfonamides is 1. The summed E-state index contributed by atoms with van der Waals surface area (Å²) in [4.78, 5) is 18.9. The zero-order chi connectivity index (χ0) is 31.2. The van der Waals surface area contributed by atoms with Gasteiger partial charge in [0.15, 0.2) is 5.75 Å². The fourth-order valence-electron chi connectivity index (χ4n) is 6.89. The fourth-order valence-corrected chi connectivity index (χ4v) is 7.89. The lowest BCUT2D eigenvalue weighted by molar-refractivity contribution is 0.0358. The van der Waals surface area contributed by atoms with E-state index in [1.807, 2.05) is 58.0 Å². The Morgan fingerprint density at radius 2 is 1.64 bits per heavy atom. The lowest BCUT2D eigenvalue weighted by Gasteiger charge is -2.44. The lowest BCUT2D eigenvalue weighted by Crippen LogP contribution is -2.42. The molecule has 4 aromatic rings. The van der Waals surface area contributed by atoms with Gasteiger partial charge in [0.25, 0.3) is 10.0 Å². The summed E-state index contributed by atoms with van der Waals surface area (Å²) < 4.78 is 42.7. The number of hydrogen-bond donors (Lipinski definition) is 1. The highest BCUT2D eigenvalue weighted by Crippen LogP contribution is 2.51. The molecule has 1 aliphatic heterocycles. The third kappa shape index (κ3) is 5.87. The third-order valence-electron chi connectivity index (χ3n) is 8.65. The van der Waals surface area contributed by atoms with Crippen LogP contribution in [0.4, 0.5) is 5.95 Å². The van der Waals surface area contributed by atoms with E-state index in [-0.39, 0.29) is 46.7 Å². The number of hydrogen-bond acceptors (Lipinski definition) is 8. The maximum Gasteiger partial charge on any atom is 0.264 e. The van der Waals surface area contributed by atoms with Gasteiger partial charge in [0.2, 0.25) is 11.8 Å². The van der Waals surface area contributed by atoms with Crippen LogP contribution in [-0.2, 0) is 10.0 Å². The Morgan fingerprint density at radius 3 is 2.32 bits per heavy atom. The SMILES string of the molecule is Cc1cccc(C)c1-c1cc2nc(n1)NS(=O)(=O)c1cccc(c1)C1C(c3ncc(OC(C)C)cn3)CCC(O2)C1C(C)C. The van der Waals surface area contributed by atoms with E-state index in [1.54, 1.807) is 30.6 Å². The van der Waals surface area contributed by atoms with Crippen LogP contribution in [-0.4, -0.2) is 40.6 Å². The van der Waals surface area contributed by atoms with Gasteiger partial charge in [-0.1, -0.05) is 44.2 Å². The molecule has 2 aromatic heterocycles. The Bertz CT molecular complexity index is 1750. The second-order valence-electron chi connectivity index (χ2n) is 12.5. The molecule has 6 rings (SSSR count). The van der Waals surface area contributed by atoms with E-state index in [2.05, 4.69) is 28.5 Å². The number of benzene rings is 2. The molecule has 9 nitrogen and oxygen atoms in total. The first-order chi connectivity index (χ1) is 21.0. The predicted molar refractivity (Wildman–Crippen MR) is 169 cm³/mol. The van der Waals surface area contributed by atoms with Crippen LogP contribution in [0.15, 0.2) is 65.8 Å². The Hall–Kier alpha value is -4.05. The highest BCUT2D eigenvalue weighted by molar-refractivity contribution is 7.92. The zero-order valence-corrected chi connectivity index (χ0v) is 26.8. The maximum atomic E-state index is 13.8. The number of anilines is 1. The minimum atomic E-state index is -4.01. The summed E-state index contributed by atoms with van der Waals surface area (Å²) >= 11 is 0. The summed E-state index contributed by atoms with van der Waals surface area (Å²) in [6, 6.07) is 15.0. The highest BCUT2D eigenvalue weighted by atomic mass is 32.2. The van der Waals surface area contributed by atoms with Crippen LogP contribution in [0, 0.1) is 25.7 Å². The Kier molecular flexibility index (Phi) is 8.04. The average molecular weight is 614 g/mol. The van der Waals surface area contributed by atoms with E-state index in [0.717, 1.165) is 40.9 Å². The first-order valence-corrected chi connectivity index (χ1v) is 16.7. The van der Waals surface area contributed by atoms with Gasteiger partial charge >= 0.3 is 0 Å². The molecule has 1 N–H and O–H groups in total. The van der Waals surface area contributed by atoms with Gasteiger partial charge < -0.3 is 9.47 Å². The van der Waals surface area contributed by atoms with E-state index in [4.69, 9.17) is 19.4 Å². The molecule has 0 spiro atoms. The van der Waals surface area contributed by atoms with Crippen LogP contribution < -0.4 is 14.2 Å². The minimum absolute atomic E-state index is 0.0181. The van der Waals surface area contributed by atoms with Crippen molar-refractivity contribution in [1.29, 1.82) is 0 Å². The number of aryl methyl sites for hydroxylation is 2. The molecule has 0 radical (unpaired) electrons. The average Bonchev–Trinajstić information content (AvgIpc) is 2.96. The molecule has 1 aliphatic carbocycles. The summed E-state index contributed by atoms with van der Waals surface area (Å²) in [6.07, 6.45) is 4.83. The quantitative estimate of drug-likeness (QED) is 0.260.